The lowest BCUT2D eigenvalue weighted by atomic mass is 9.72. The third-order valence-electron chi connectivity index (χ3n) is 5.83. The number of carbonyl (C=O) groups excluding carboxylic acids is 3. The summed E-state index contributed by atoms with van der Waals surface area (Å²) >= 11 is 0. The van der Waals surface area contributed by atoms with Crippen LogP contribution in [0.5, 0.6) is 5.75 Å². The van der Waals surface area contributed by atoms with Crippen molar-refractivity contribution in [3.8, 4) is 17.0 Å². The highest BCUT2D eigenvalue weighted by molar-refractivity contribution is 6.47. The molecule has 0 saturated carbocycles. The molecule has 37 heavy (non-hydrogen) atoms. The molecule has 0 radical (unpaired) electrons. The summed E-state index contributed by atoms with van der Waals surface area (Å²) in [6.45, 7) is 4.51. The first-order valence-electron chi connectivity index (χ1n) is 11.8. The van der Waals surface area contributed by atoms with Gasteiger partial charge in [0.1, 0.15) is 17.0 Å². The van der Waals surface area contributed by atoms with Crippen molar-refractivity contribution in [1.82, 2.24) is 15.1 Å². The van der Waals surface area contributed by atoms with Crippen LogP contribution in [0.1, 0.15) is 47.2 Å². The number of esters is 2. The summed E-state index contributed by atoms with van der Waals surface area (Å²) in [6, 6.07) is 16.0. The maximum absolute atomic E-state index is 13.0. The zero-order valence-electron chi connectivity index (χ0n) is 21.1. The van der Waals surface area contributed by atoms with Crippen LogP contribution in [0.4, 0.5) is 0 Å². The van der Waals surface area contributed by atoms with Gasteiger partial charge in [-0.05, 0) is 44.9 Å². The fourth-order valence-corrected chi connectivity index (χ4v) is 3.81. The molecule has 0 unspecified atom stereocenters. The Hall–Kier alpha value is -4.12. The van der Waals surface area contributed by atoms with E-state index in [-0.39, 0.29) is 17.7 Å². The second-order valence-corrected chi connectivity index (χ2v) is 9.72. The van der Waals surface area contributed by atoms with Gasteiger partial charge in [0.15, 0.2) is 0 Å². The summed E-state index contributed by atoms with van der Waals surface area (Å²) in [5, 5.41) is 17.8. The van der Waals surface area contributed by atoms with Crippen molar-refractivity contribution in [2.75, 3.05) is 6.79 Å². The fraction of sp³-hybridized carbons (Fsp3) is 0.308. The number of nitrogens with zero attached hydrogens (tertiary/aromatic N) is 2. The van der Waals surface area contributed by atoms with Crippen molar-refractivity contribution < 1.29 is 33.5 Å². The second-order valence-electron chi connectivity index (χ2n) is 9.72. The molecule has 1 aromatic heterocycles. The van der Waals surface area contributed by atoms with Gasteiger partial charge < -0.3 is 24.5 Å². The quantitative estimate of drug-likeness (QED) is 0.297. The van der Waals surface area contributed by atoms with Gasteiger partial charge in [-0.25, -0.2) is 4.79 Å². The minimum Gasteiger partial charge on any atom is -0.534 e. The molecule has 0 fully saturated rings. The molecule has 11 heteroatoms. The number of rotatable bonds is 6. The Morgan fingerprint density at radius 2 is 1.86 bits per heavy atom. The van der Waals surface area contributed by atoms with Crippen LogP contribution < -0.4 is 9.97 Å². The summed E-state index contributed by atoms with van der Waals surface area (Å²) < 4.78 is 17.2. The summed E-state index contributed by atoms with van der Waals surface area (Å²) in [7, 11) is 0.257. The Balaban J connectivity index is 1.43. The predicted molar refractivity (Wildman–Crippen MR) is 134 cm³/mol. The summed E-state index contributed by atoms with van der Waals surface area (Å²) in [4.78, 5) is 37.5. The van der Waals surface area contributed by atoms with Crippen molar-refractivity contribution in [2.45, 2.75) is 33.1 Å². The molecule has 2 heterocycles. The number of benzene rings is 2. The Morgan fingerprint density at radius 3 is 2.57 bits per heavy atom. The van der Waals surface area contributed by atoms with E-state index in [2.05, 4.69) is 10.4 Å². The van der Waals surface area contributed by atoms with Gasteiger partial charge >= 0.3 is 19.1 Å². The maximum atomic E-state index is 13.0. The van der Waals surface area contributed by atoms with Crippen molar-refractivity contribution in [3.63, 3.8) is 0 Å². The highest BCUT2D eigenvalue weighted by atomic mass is 16.7. The molecule has 4 rings (SSSR count). The average Bonchev–Trinajstić information content (AvgIpc) is 3.25. The topological polar surface area (TPSA) is 129 Å². The molecule has 1 atom stereocenters. The van der Waals surface area contributed by atoms with E-state index in [0.29, 0.717) is 17.0 Å². The SMILES string of the molecule is Cn1nc(-c2ccccc2)cc1C(=O)N[C@H]1Cc2cccc(C(=O)OCOC(=O)C(C)(C)C)c2OB1O. The van der Waals surface area contributed by atoms with E-state index in [1.54, 1.807) is 46.0 Å². The Kier molecular flexibility index (Phi) is 7.35. The van der Waals surface area contributed by atoms with Crippen LogP contribution in [-0.4, -0.2) is 52.5 Å². The fourth-order valence-electron chi connectivity index (χ4n) is 3.81. The van der Waals surface area contributed by atoms with Crippen molar-refractivity contribution in [2.24, 2.45) is 12.5 Å². The molecule has 2 N–H and O–H groups in total. The number of ether oxygens (including phenoxy) is 2. The van der Waals surface area contributed by atoms with Gasteiger partial charge in [0.2, 0.25) is 6.79 Å². The van der Waals surface area contributed by atoms with E-state index < -0.39 is 43.1 Å². The molecule has 1 aliphatic heterocycles. The predicted octanol–water partition coefficient (Wildman–Crippen LogP) is 2.54. The van der Waals surface area contributed by atoms with E-state index in [9.17, 15) is 19.4 Å². The molecule has 1 aliphatic rings. The first kappa shape index (κ1) is 26.0. The summed E-state index contributed by atoms with van der Waals surface area (Å²) in [6.07, 6.45) is 0.214. The third-order valence-corrected chi connectivity index (χ3v) is 5.83. The zero-order valence-corrected chi connectivity index (χ0v) is 21.1. The first-order chi connectivity index (χ1) is 17.5. The molecule has 3 aromatic rings. The summed E-state index contributed by atoms with van der Waals surface area (Å²) in [5.41, 5.74) is 1.79. The molecule has 0 saturated heterocycles. The first-order valence-corrected chi connectivity index (χ1v) is 11.8. The highest BCUT2D eigenvalue weighted by Crippen LogP contribution is 2.31. The minimum atomic E-state index is -1.41. The molecular weight excluding hydrogens is 477 g/mol. The molecule has 10 nitrogen and oxygen atoms in total. The lowest BCUT2D eigenvalue weighted by Crippen LogP contribution is -2.53. The van der Waals surface area contributed by atoms with Gasteiger partial charge in [0.25, 0.3) is 5.91 Å². The van der Waals surface area contributed by atoms with E-state index in [1.807, 2.05) is 30.3 Å². The van der Waals surface area contributed by atoms with E-state index >= 15 is 0 Å². The minimum absolute atomic E-state index is 0.0762. The lowest BCUT2D eigenvalue weighted by molar-refractivity contribution is -0.161. The lowest BCUT2D eigenvalue weighted by Gasteiger charge is -2.29. The number of fused-ring (bicyclic) bond motifs is 1. The standard InChI is InChI=1S/C26H28BN3O7/c1-26(2,3)25(33)36-15-35-24(32)18-12-8-11-17-13-21(27(34)37-22(17)18)28-23(31)20-14-19(29-30(20)4)16-9-6-5-7-10-16/h5-12,14,21,34H,13,15H2,1-4H3,(H,28,31)/t21-/m0/s1. The normalized spacial score (nSPS) is 14.8. The van der Waals surface area contributed by atoms with Crippen LogP contribution in [0.25, 0.3) is 11.3 Å². The average molecular weight is 505 g/mol. The number of aromatic nitrogens is 2. The van der Waals surface area contributed by atoms with Crippen molar-refractivity contribution >= 4 is 25.0 Å². The van der Waals surface area contributed by atoms with Crippen molar-refractivity contribution in [3.05, 3.63) is 71.4 Å². The van der Waals surface area contributed by atoms with Gasteiger partial charge in [-0.3, -0.25) is 14.3 Å². The summed E-state index contributed by atoms with van der Waals surface area (Å²) in [5.74, 6) is -2.32. The van der Waals surface area contributed by atoms with Crippen LogP contribution in [0.2, 0.25) is 0 Å². The number of hydrogen-bond acceptors (Lipinski definition) is 8. The van der Waals surface area contributed by atoms with Crippen LogP contribution in [0.15, 0.2) is 54.6 Å². The number of nitrogens with one attached hydrogen (secondary N) is 1. The largest absolute Gasteiger partial charge is 0.547 e. The molecule has 0 spiro atoms. The third kappa shape index (κ3) is 5.83. The van der Waals surface area contributed by atoms with Gasteiger partial charge in [0, 0.05) is 12.6 Å². The Bertz CT molecular complexity index is 1320. The molecule has 2 aromatic carbocycles. The molecule has 0 bridgehead atoms. The van der Waals surface area contributed by atoms with Crippen LogP contribution in [-0.2, 0) is 27.7 Å². The molecule has 1 amide bonds. The second kappa shape index (κ2) is 10.5. The van der Waals surface area contributed by atoms with Crippen LogP contribution in [0, 0.1) is 5.41 Å². The maximum Gasteiger partial charge on any atom is 0.547 e. The Morgan fingerprint density at radius 1 is 1.14 bits per heavy atom. The van der Waals surface area contributed by atoms with E-state index in [4.69, 9.17) is 14.1 Å². The molecule has 0 aliphatic carbocycles. The molecule has 192 valence electrons. The van der Waals surface area contributed by atoms with Crippen LogP contribution >= 0.6 is 0 Å². The highest BCUT2D eigenvalue weighted by Gasteiger charge is 2.38. The van der Waals surface area contributed by atoms with Crippen molar-refractivity contribution in [1.29, 1.82) is 0 Å². The number of para-hydroxylation sites is 1. The van der Waals surface area contributed by atoms with Gasteiger partial charge in [-0.15, -0.1) is 0 Å². The number of amides is 1. The van der Waals surface area contributed by atoms with E-state index in [0.717, 1.165) is 5.56 Å². The van der Waals surface area contributed by atoms with E-state index in [1.165, 1.54) is 10.7 Å². The molecular formula is C26H28BN3O7. The van der Waals surface area contributed by atoms with Crippen LogP contribution in [0.3, 0.4) is 0 Å². The monoisotopic (exact) mass is 505 g/mol. The number of carbonyl (C=O) groups is 3. The number of hydrogen-bond donors (Lipinski definition) is 2. The van der Waals surface area contributed by atoms with Gasteiger partial charge in [0.05, 0.1) is 17.1 Å². The zero-order chi connectivity index (χ0) is 26.7. The Labute approximate surface area is 214 Å². The smallest absolute Gasteiger partial charge is 0.534 e. The van der Waals surface area contributed by atoms with Gasteiger partial charge in [-0.1, -0.05) is 42.5 Å². The van der Waals surface area contributed by atoms with Gasteiger partial charge in [-0.2, -0.15) is 5.10 Å². The number of aryl methyl sites for hydroxylation is 1.